The molecule has 0 saturated heterocycles. The van der Waals surface area contributed by atoms with Crippen LogP contribution in [0.4, 0.5) is 0 Å². The van der Waals surface area contributed by atoms with E-state index in [0.717, 1.165) is 28.1 Å². The zero-order chi connectivity index (χ0) is 22.0. The summed E-state index contributed by atoms with van der Waals surface area (Å²) in [6, 6.07) is 19.2. The van der Waals surface area contributed by atoms with Crippen molar-refractivity contribution in [1.29, 1.82) is 0 Å². The largest absolute Gasteiger partial charge is 0.467 e. The summed E-state index contributed by atoms with van der Waals surface area (Å²) in [5.74, 6) is 2.60. The van der Waals surface area contributed by atoms with E-state index in [1.54, 1.807) is 18.0 Å². The lowest BCUT2D eigenvalue weighted by Gasteiger charge is -2.19. The quantitative estimate of drug-likeness (QED) is 0.315. The molecule has 0 bridgehead atoms. The molecule has 0 aliphatic carbocycles. The predicted octanol–water partition coefficient (Wildman–Crippen LogP) is 6.79. The summed E-state index contributed by atoms with van der Waals surface area (Å²) in [5, 5.41) is 9.98. The number of benzene rings is 2. The summed E-state index contributed by atoms with van der Waals surface area (Å²) < 4.78 is 7.77. The molecule has 4 rings (SSSR count). The van der Waals surface area contributed by atoms with Crippen molar-refractivity contribution < 1.29 is 4.42 Å². The number of rotatable bonds is 6. The Morgan fingerprint density at radius 3 is 2.35 bits per heavy atom. The number of hydrogen-bond donors (Lipinski definition) is 0. The van der Waals surface area contributed by atoms with E-state index in [-0.39, 0.29) is 5.41 Å². The maximum absolute atomic E-state index is 5.62. The van der Waals surface area contributed by atoms with Crippen LogP contribution in [0.3, 0.4) is 0 Å². The fourth-order valence-electron chi connectivity index (χ4n) is 3.47. The third-order valence-electron chi connectivity index (χ3n) is 5.56. The lowest BCUT2D eigenvalue weighted by molar-refractivity contribution is 0.485. The van der Waals surface area contributed by atoms with Crippen LogP contribution >= 0.6 is 11.8 Å². The van der Waals surface area contributed by atoms with Gasteiger partial charge in [-0.25, -0.2) is 0 Å². The van der Waals surface area contributed by atoms with Gasteiger partial charge in [0.25, 0.3) is 0 Å². The smallest absolute Gasteiger partial charge is 0.192 e. The first-order chi connectivity index (χ1) is 14.8. The Bertz CT molecular complexity index is 1150. The minimum atomic E-state index is 0.119. The van der Waals surface area contributed by atoms with Gasteiger partial charge in [0.1, 0.15) is 5.76 Å². The Morgan fingerprint density at radius 1 is 0.935 bits per heavy atom. The van der Waals surface area contributed by atoms with Crippen molar-refractivity contribution in [2.45, 2.75) is 57.5 Å². The third kappa shape index (κ3) is 4.93. The first-order valence-electron chi connectivity index (χ1n) is 10.6. The minimum absolute atomic E-state index is 0.119. The fourth-order valence-corrected chi connectivity index (χ4v) is 4.35. The van der Waals surface area contributed by atoms with Crippen LogP contribution in [0.2, 0.25) is 0 Å². The van der Waals surface area contributed by atoms with E-state index in [1.165, 1.54) is 22.3 Å². The van der Waals surface area contributed by atoms with Crippen LogP contribution in [0.25, 0.3) is 11.4 Å². The van der Waals surface area contributed by atoms with E-state index in [1.807, 2.05) is 12.1 Å². The Balaban J connectivity index is 1.64. The Kier molecular flexibility index (Phi) is 6.05. The van der Waals surface area contributed by atoms with Crippen LogP contribution < -0.4 is 0 Å². The Hall–Kier alpha value is -2.79. The second kappa shape index (κ2) is 8.75. The highest BCUT2D eigenvalue weighted by atomic mass is 32.2. The molecule has 0 saturated carbocycles. The Morgan fingerprint density at radius 2 is 1.71 bits per heavy atom. The van der Waals surface area contributed by atoms with Gasteiger partial charge >= 0.3 is 0 Å². The van der Waals surface area contributed by atoms with Gasteiger partial charge in [0.05, 0.1) is 12.8 Å². The number of aryl methyl sites for hydroxylation is 2. The summed E-state index contributed by atoms with van der Waals surface area (Å²) in [7, 11) is 0. The van der Waals surface area contributed by atoms with Crippen molar-refractivity contribution in [3.63, 3.8) is 0 Å². The summed E-state index contributed by atoms with van der Waals surface area (Å²) in [4.78, 5) is 0. The minimum Gasteiger partial charge on any atom is -0.467 e. The molecule has 0 aliphatic rings. The summed E-state index contributed by atoms with van der Waals surface area (Å²) >= 11 is 1.71. The SMILES string of the molecule is Cc1ccc(CSc2nnc(-c3ccc(C(C)(C)C)cc3)n2Cc2ccco2)cc1C. The van der Waals surface area contributed by atoms with Crippen molar-refractivity contribution in [2.75, 3.05) is 0 Å². The highest BCUT2D eigenvalue weighted by molar-refractivity contribution is 7.98. The predicted molar refractivity (Wildman–Crippen MR) is 127 cm³/mol. The van der Waals surface area contributed by atoms with Crippen molar-refractivity contribution >= 4 is 11.8 Å². The highest BCUT2D eigenvalue weighted by Gasteiger charge is 2.18. The van der Waals surface area contributed by atoms with E-state index in [2.05, 4.69) is 91.8 Å². The number of aromatic nitrogens is 3. The summed E-state index contributed by atoms with van der Waals surface area (Å²) in [6.45, 7) is 11.6. The molecule has 0 N–H and O–H groups in total. The van der Waals surface area contributed by atoms with Gasteiger partial charge in [0.2, 0.25) is 0 Å². The van der Waals surface area contributed by atoms with E-state index < -0.39 is 0 Å². The molecule has 0 aliphatic heterocycles. The number of nitrogens with zero attached hydrogens (tertiary/aromatic N) is 3. The van der Waals surface area contributed by atoms with E-state index in [4.69, 9.17) is 4.42 Å². The van der Waals surface area contributed by atoms with E-state index in [9.17, 15) is 0 Å². The van der Waals surface area contributed by atoms with Crippen LogP contribution in [0, 0.1) is 13.8 Å². The molecule has 0 atom stereocenters. The lowest BCUT2D eigenvalue weighted by atomic mass is 9.87. The number of furan rings is 1. The molecule has 4 nitrogen and oxygen atoms in total. The zero-order valence-corrected chi connectivity index (χ0v) is 19.7. The van der Waals surface area contributed by atoms with Crippen molar-refractivity contribution in [3.05, 3.63) is 88.9 Å². The molecule has 0 amide bonds. The van der Waals surface area contributed by atoms with Crippen molar-refractivity contribution in [2.24, 2.45) is 0 Å². The Labute approximate surface area is 188 Å². The molecule has 0 unspecified atom stereocenters. The highest BCUT2D eigenvalue weighted by Crippen LogP contribution is 2.30. The molecule has 160 valence electrons. The number of thioether (sulfide) groups is 1. The topological polar surface area (TPSA) is 43.9 Å². The van der Waals surface area contributed by atoms with Crippen molar-refractivity contribution in [3.8, 4) is 11.4 Å². The molecular formula is C26H29N3OS. The van der Waals surface area contributed by atoms with Gasteiger partial charge < -0.3 is 4.42 Å². The van der Waals surface area contributed by atoms with E-state index >= 15 is 0 Å². The average Bonchev–Trinajstić information content (AvgIpc) is 3.39. The summed E-state index contributed by atoms with van der Waals surface area (Å²) in [5.41, 5.74) is 6.40. The molecule has 2 aromatic heterocycles. The fraction of sp³-hybridized carbons (Fsp3) is 0.308. The van der Waals surface area contributed by atoms with Crippen LogP contribution in [-0.4, -0.2) is 14.8 Å². The summed E-state index contributed by atoms with van der Waals surface area (Å²) in [6.07, 6.45) is 1.71. The molecule has 4 aromatic rings. The molecular weight excluding hydrogens is 402 g/mol. The second-order valence-electron chi connectivity index (χ2n) is 9.01. The first-order valence-corrected chi connectivity index (χ1v) is 11.6. The van der Waals surface area contributed by atoms with Crippen LogP contribution in [0.5, 0.6) is 0 Å². The van der Waals surface area contributed by atoms with Gasteiger partial charge in [0, 0.05) is 11.3 Å². The molecule has 0 spiro atoms. The molecule has 2 aromatic carbocycles. The van der Waals surface area contributed by atoms with Crippen molar-refractivity contribution in [1.82, 2.24) is 14.8 Å². The maximum Gasteiger partial charge on any atom is 0.192 e. The van der Waals surface area contributed by atoms with Crippen LogP contribution in [0.15, 0.2) is 70.4 Å². The monoisotopic (exact) mass is 431 g/mol. The third-order valence-corrected chi connectivity index (χ3v) is 6.60. The van der Waals surface area contributed by atoms with Crippen LogP contribution in [0.1, 0.15) is 48.8 Å². The maximum atomic E-state index is 5.62. The lowest BCUT2D eigenvalue weighted by Crippen LogP contribution is -2.10. The van der Waals surface area contributed by atoms with E-state index in [0.29, 0.717) is 6.54 Å². The normalized spacial score (nSPS) is 11.8. The van der Waals surface area contributed by atoms with Gasteiger partial charge in [-0.3, -0.25) is 4.57 Å². The molecule has 0 radical (unpaired) electrons. The van der Waals surface area contributed by atoms with Gasteiger partial charge in [0.15, 0.2) is 11.0 Å². The number of hydrogen-bond acceptors (Lipinski definition) is 4. The molecule has 2 heterocycles. The second-order valence-corrected chi connectivity index (χ2v) is 9.95. The van der Waals surface area contributed by atoms with Gasteiger partial charge in [-0.05, 0) is 53.6 Å². The zero-order valence-electron chi connectivity index (χ0n) is 18.8. The van der Waals surface area contributed by atoms with Crippen LogP contribution in [-0.2, 0) is 17.7 Å². The molecule has 31 heavy (non-hydrogen) atoms. The van der Waals surface area contributed by atoms with Gasteiger partial charge in [-0.1, -0.05) is 75.0 Å². The van der Waals surface area contributed by atoms with Gasteiger partial charge in [-0.15, -0.1) is 10.2 Å². The molecule has 0 fully saturated rings. The standard InChI is InChI=1S/C26H29N3OS/c1-18-8-9-20(15-19(18)2)17-31-25-28-27-24(29(25)16-23-7-6-14-30-23)21-10-12-22(13-11-21)26(3,4)5/h6-15H,16-17H2,1-5H3. The first kappa shape index (κ1) is 21.4. The van der Waals surface area contributed by atoms with Gasteiger partial charge in [-0.2, -0.15) is 0 Å². The average molecular weight is 432 g/mol. The molecule has 5 heteroatoms.